The van der Waals surface area contributed by atoms with Crippen molar-refractivity contribution in [2.24, 2.45) is 0 Å². The first-order chi connectivity index (χ1) is 11.9. The summed E-state index contributed by atoms with van der Waals surface area (Å²) in [6, 6.07) is 16.9. The lowest BCUT2D eigenvalue weighted by Gasteiger charge is -2.18. The Morgan fingerprint density at radius 2 is 1.56 bits per heavy atom. The lowest BCUT2D eigenvalue weighted by molar-refractivity contribution is 0.591. The van der Waals surface area contributed by atoms with Crippen LogP contribution in [0.4, 0.5) is 0 Å². The van der Waals surface area contributed by atoms with Crippen molar-refractivity contribution in [3.63, 3.8) is 0 Å². The molecule has 5 aromatic rings. The van der Waals surface area contributed by atoms with Crippen molar-refractivity contribution in [3.05, 3.63) is 59.1 Å². The third-order valence-corrected chi connectivity index (χ3v) is 6.27. The van der Waals surface area contributed by atoms with Crippen LogP contribution in [0, 0.1) is 0 Å². The Balaban J connectivity index is 2.02. The summed E-state index contributed by atoms with van der Waals surface area (Å²) in [7, 11) is 0. The monoisotopic (exact) mass is 364 g/mol. The van der Waals surface area contributed by atoms with Gasteiger partial charge in [0.05, 0.1) is 0 Å². The van der Waals surface area contributed by atoms with E-state index in [9.17, 15) is 0 Å². The first-order valence-corrected chi connectivity index (χ1v) is 9.59. The molecule has 0 aliphatic rings. The van der Waals surface area contributed by atoms with E-state index in [1.165, 1.54) is 31.1 Å². The number of rotatable bonds is 0. The molecule has 0 unspecified atom stereocenters. The van der Waals surface area contributed by atoms with Crippen molar-refractivity contribution in [3.8, 4) is 0 Å². The van der Waals surface area contributed by atoms with Crippen molar-refractivity contribution in [1.29, 1.82) is 0 Å². The lowest BCUT2D eigenvalue weighted by atomic mass is 9.86. The summed E-state index contributed by atoms with van der Waals surface area (Å²) in [4.78, 5) is 0. The van der Waals surface area contributed by atoms with Gasteiger partial charge in [-0.05, 0) is 53.4 Å². The number of hydrogen-bond donors (Lipinski definition) is 0. The number of fused-ring (bicyclic) bond motifs is 7. The number of thiophene rings is 1. The van der Waals surface area contributed by atoms with Crippen LogP contribution in [0.25, 0.3) is 42.1 Å². The molecule has 124 valence electrons. The van der Waals surface area contributed by atoms with Crippen LogP contribution in [0.15, 0.2) is 52.9 Å². The van der Waals surface area contributed by atoms with Crippen LogP contribution in [0.2, 0.25) is 5.02 Å². The van der Waals surface area contributed by atoms with Gasteiger partial charge in [0.15, 0.2) is 0 Å². The maximum atomic E-state index is 6.27. The highest BCUT2D eigenvalue weighted by molar-refractivity contribution is 7.26. The molecule has 5 rings (SSSR count). The van der Waals surface area contributed by atoms with E-state index < -0.39 is 0 Å². The van der Waals surface area contributed by atoms with Gasteiger partial charge in [-0.1, -0.05) is 38.4 Å². The second kappa shape index (κ2) is 5.00. The molecular formula is C22H17ClOS. The Bertz CT molecular complexity index is 1280. The van der Waals surface area contributed by atoms with E-state index >= 15 is 0 Å². The molecule has 25 heavy (non-hydrogen) atoms. The van der Waals surface area contributed by atoms with Crippen LogP contribution in [0.3, 0.4) is 0 Å². The van der Waals surface area contributed by atoms with Gasteiger partial charge < -0.3 is 4.42 Å². The van der Waals surface area contributed by atoms with E-state index in [1.54, 1.807) is 0 Å². The van der Waals surface area contributed by atoms with Gasteiger partial charge in [-0.15, -0.1) is 11.3 Å². The topological polar surface area (TPSA) is 13.1 Å². The van der Waals surface area contributed by atoms with Crippen molar-refractivity contribution in [2.75, 3.05) is 0 Å². The van der Waals surface area contributed by atoms with E-state index in [-0.39, 0.29) is 5.41 Å². The Kier molecular flexibility index (Phi) is 3.05. The maximum absolute atomic E-state index is 6.27. The Morgan fingerprint density at radius 3 is 2.36 bits per heavy atom. The van der Waals surface area contributed by atoms with Crippen molar-refractivity contribution < 1.29 is 4.42 Å². The van der Waals surface area contributed by atoms with Gasteiger partial charge in [0, 0.05) is 36.0 Å². The molecule has 3 heteroatoms. The van der Waals surface area contributed by atoms with Gasteiger partial charge in [0.1, 0.15) is 11.2 Å². The quantitative estimate of drug-likeness (QED) is 0.272. The summed E-state index contributed by atoms with van der Waals surface area (Å²) in [5.74, 6) is 0. The molecule has 0 fully saturated rings. The molecule has 0 saturated carbocycles. The van der Waals surface area contributed by atoms with E-state index in [0.29, 0.717) is 0 Å². The van der Waals surface area contributed by atoms with Crippen molar-refractivity contribution >= 4 is 65.0 Å². The molecule has 0 aliphatic carbocycles. The maximum Gasteiger partial charge on any atom is 0.136 e. The second-order valence-electron chi connectivity index (χ2n) is 7.62. The molecule has 0 radical (unpaired) electrons. The zero-order valence-corrected chi connectivity index (χ0v) is 15.9. The highest BCUT2D eigenvalue weighted by Crippen LogP contribution is 2.43. The van der Waals surface area contributed by atoms with E-state index in [0.717, 1.165) is 21.6 Å². The minimum Gasteiger partial charge on any atom is -0.456 e. The average molecular weight is 365 g/mol. The molecule has 0 saturated heterocycles. The van der Waals surface area contributed by atoms with Crippen molar-refractivity contribution in [1.82, 2.24) is 0 Å². The Labute approximate surface area is 154 Å². The molecule has 3 aromatic carbocycles. The van der Waals surface area contributed by atoms with Crippen LogP contribution in [-0.4, -0.2) is 0 Å². The first-order valence-electron chi connectivity index (χ1n) is 8.39. The van der Waals surface area contributed by atoms with Gasteiger partial charge in [-0.2, -0.15) is 0 Å². The molecule has 2 heterocycles. The summed E-state index contributed by atoms with van der Waals surface area (Å²) in [6.07, 6.45) is 0. The normalized spacial score (nSPS) is 12.8. The van der Waals surface area contributed by atoms with Crippen LogP contribution in [-0.2, 0) is 5.41 Å². The molecule has 0 spiro atoms. The molecule has 0 bridgehead atoms. The molecule has 1 nitrogen and oxygen atoms in total. The highest BCUT2D eigenvalue weighted by atomic mass is 35.5. The summed E-state index contributed by atoms with van der Waals surface area (Å²) >= 11 is 8.10. The van der Waals surface area contributed by atoms with Crippen LogP contribution < -0.4 is 0 Å². The van der Waals surface area contributed by atoms with Gasteiger partial charge >= 0.3 is 0 Å². The fourth-order valence-corrected chi connectivity index (χ4v) is 4.84. The highest BCUT2D eigenvalue weighted by Gasteiger charge is 2.18. The number of halogens is 1. The van der Waals surface area contributed by atoms with Gasteiger partial charge in [0.25, 0.3) is 0 Å². The molecule has 0 aliphatic heterocycles. The van der Waals surface area contributed by atoms with Crippen LogP contribution >= 0.6 is 22.9 Å². The SMILES string of the molecule is CC(C)(C)c1ccc2sc3ccc4oc5ccc(Cl)cc5c4c3c2c1. The fourth-order valence-electron chi connectivity index (χ4n) is 3.57. The van der Waals surface area contributed by atoms with Crippen LogP contribution in [0.1, 0.15) is 26.3 Å². The second-order valence-corrected chi connectivity index (χ2v) is 9.14. The third kappa shape index (κ3) is 2.21. The average Bonchev–Trinajstić information content (AvgIpc) is 3.10. The zero-order chi connectivity index (χ0) is 17.3. The molecule has 0 atom stereocenters. The minimum atomic E-state index is 0.123. The Hall–Kier alpha value is -2.03. The molecule has 2 aromatic heterocycles. The smallest absolute Gasteiger partial charge is 0.136 e. The molecule has 0 amide bonds. The van der Waals surface area contributed by atoms with E-state index in [2.05, 4.69) is 51.1 Å². The largest absolute Gasteiger partial charge is 0.456 e. The van der Waals surface area contributed by atoms with Gasteiger partial charge in [-0.3, -0.25) is 0 Å². The summed E-state index contributed by atoms with van der Waals surface area (Å²) in [5.41, 5.74) is 3.28. The first kappa shape index (κ1) is 15.2. The number of furan rings is 1. The predicted octanol–water partition coefficient (Wildman–Crippen LogP) is 7.90. The molecule has 0 N–H and O–H groups in total. The lowest BCUT2D eigenvalue weighted by Crippen LogP contribution is -2.10. The van der Waals surface area contributed by atoms with Gasteiger partial charge in [0.2, 0.25) is 0 Å². The summed E-state index contributed by atoms with van der Waals surface area (Å²) < 4.78 is 8.68. The predicted molar refractivity (Wildman–Crippen MR) is 110 cm³/mol. The minimum absolute atomic E-state index is 0.123. The van der Waals surface area contributed by atoms with E-state index in [1.807, 2.05) is 29.5 Å². The molecular weight excluding hydrogens is 348 g/mol. The van der Waals surface area contributed by atoms with Gasteiger partial charge in [-0.25, -0.2) is 0 Å². The zero-order valence-electron chi connectivity index (χ0n) is 14.3. The summed E-state index contributed by atoms with van der Waals surface area (Å²) in [5, 5.41) is 5.59. The standard InChI is InChI=1S/C22H17ClOS/c1-22(2,3)12-4-8-18-15(10-12)21-19(25-18)9-7-17-20(21)14-11-13(23)5-6-16(14)24-17/h4-11H,1-3H3. The third-order valence-electron chi connectivity index (χ3n) is 4.89. The van der Waals surface area contributed by atoms with Crippen molar-refractivity contribution in [2.45, 2.75) is 26.2 Å². The Morgan fingerprint density at radius 1 is 0.800 bits per heavy atom. The fraction of sp³-hybridized carbons (Fsp3) is 0.182. The van der Waals surface area contributed by atoms with Crippen LogP contribution in [0.5, 0.6) is 0 Å². The number of hydrogen-bond acceptors (Lipinski definition) is 2. The number of benzene rings is 3. The summed E-state index contributed by atoms with van der Waals surface area (Å²) in [6.45, 7) is 6.77. The van der Waals surface area contributed by atoms with E-state index in [4.69, 9.17) is 16.0 Å².